The topological polar surface area (TPSA) is 405 Å². The van der Waals surface area contributed by atoms with Gasteiger partial charge in [0, 0.05) is 107 Å². The molecule has 0 bridgehead atoms. The number of benzene rings is 10. The number of hydrogen-bond acceptors (Lipinski definition) is 26. The fourth-order valence-electron chi connectivity index (χ4n) is 15.1. The summed E-state index contributed by atoms with van der Waals surface area (Å²) >= 11 is 0. The van der Waals surface area contributed by atoms with Gasteiger partial charge < -0.3 is 50.1 Å². The van der Waals surface area contributed by atoms with Gasteiger partial charge in [-0.15, -0.1) is 0 Å². The minimum Gasteiger partial charge on any atom is -0.497 e. The van der Waals surface area contributed by atoms with Crippen molar-refractivity contribution in [2.45, 2.75) is 107 Å². The molecule has 30 nitrogen and oxygen atoms in total. The average molecular weight is 1810 g/mol. The Labute approximate surface area is 755 Å². The highest BCUT2D eigenvalue weighted by Gasteiger charge is 2.33. The summed E-state index contributed by atoms with van der Waals surface area (Å²) in [5.74, 6) is 4.85. The first-order valence-electron chi connectivity index (χ1n) is 41.9. The smallest absolute Gasteiger partial charge is 0.263 e. The molecule has 12 aromatic rings. The number of hydrogen-bond donors (Lipinski definition) is 8. The molecule has 130 heavy (non-hydrogen) atoms. The number of rotatable bonds is 25. The highest BCUT2D eigenvalue weighted by Crippen LogP contribution is 2.42. The van der Waals surface area contributed by atoms with Crippen molar-refractivity contribution in [3.63, 3.8) is 0 Å². The molecule has 0 radical (unpaired) electrons. The highest BCUT2D eigenvalue weighted by molar-refractivity contribution is 7.93. The van der Waals surface area contributed by atoms with Crippen molar-refractivity contribution in [3.8, 4) is 46.6 Å². The van der Waals surface area contributed by atoms with Crippen LogP contribution < -0.4 is 59.1 Å². The summed E-state index contributed by atoms with van der Waals surface area (Å²) in [5.41, 5.74) is 13.4. The summed E-state index contributed by atoms with van der Waals surface area (Å²) in [4.78, 5) is 52.6. The van der Waals surface area contributed by atoms with Gasteiger partial charge in [-0.3, -0.25) is 33.8 Å². The summed E-state index contributed by atoms with van der Waals surface area (Å²) in [7, 11) is -6.97. The molecule has 0 spiro atoms. The molecule has 0 saturated carbocycles. The van der Waals surface area contributed by atoms with Crippen LogP contribution in [0.15, 0.2) is 238 Å². The maximum atomic E-state index is 13.5. The number of nitriles is 2. The molecule has 2 aromatic heterocycles. The number of anilines is 9. The number of nitrogens with zero attached hydrogens (tertiary/aromatic N) is 9. The zero-order valence-corrected chi connectivity index (χ0v) is 75.5. The van der Waals surface area contributed by atoms with Crippen LogP contribution in [-0.4, -0.2) is 156 Å². The van der Waals surface area contributed by atoms with Crippen molar-refractivity contribution in [1.82, 2.24) is 34.5 Å². The quantitative estimate of drug-likeness (QED) is 0.0263. The number of aliphatic imine (C=N–C) groups is 1. The van der Waals surface area contributed by atoms with Crippen molar-refractivity contribution in [2.24, 2.45) is 4.99 Å². The number of amides is 1. The zero-order chi connectivity index (χ0) is 92.0. The van der Waals surface area contributed by atoms with E-state index < -0.39 is 35.6 Å². The van der Waals surface area contributed by atoms with Gasteiger partial charge in [0.2, 0.25) is 16.0 Å². The third-order valence-electron chi connectivity index (χ3n) is 21.7. The number of piperidine rings is 1. The van der Waals surface area contributed by atoms with Crippen LogP contribution in [0.3, 0.4) is 0 Å². The lowest BCUT2D eigenvalue weighted by atomic mass is 9.89. The van der Waals surface area contributed by atoms with Crippen molar-refractivity contribution in [1.29, 1.82) is 10.5 Å². The fourth-order valence-corrected chi connectivity index (χ4v) is 18.7. The van der Waals surface area contributed by atoms with Gasteiger partial charge in [-0.2, -0.15) is 15.5 Å². The average Bonchev–Trinajstić information content (AvgIpc) is 0.828. The van der Waals surface area contributed by atoms with Crippen LogP contribution in [0.25, 0.3) is 16.6 Å². The number of aryl methyl sites for hydroxylation is 3. The molecule has 8 N–H and O–H groups in total. The minimum absolute atomic E-state index is 0.00816. The molecule has 10 aromatic carbocycles. The first-order valence-corrected chi connectivity index (χ1v) is 46.4. The standard InChI is InChI=1S/C31H29N5O6S.C27H36N6O3S.C21H20N2O3.C18H13N3O2S/c1-19-9-10-20(15-28(19)42-4)31(37)33-21-11-13-25(14-12-21)43(38,39)36-30-29(34-26-7-5-6-8-27(26)35-30)32-22-16-23(40-2)18-24(17-22)41-3;1-20-19-28-26(30-21-10-12-23(13-11-21)36-17-16-33-14-5-6-15-33)31-25(20)29-22-8-7-9-24(18-22)37(34,35)32-27(2,3)4;24-14-6-8-23(9-7-14)12-13-4-5-18-16(10-13)21-20-15(17(25)11-22-21)2-1-3-19(20)26-18;1-12-5-8-17(16-7-6-14(11-20)18(12)16)21-24(22,23)15-4-2-3-13(9-15)10-19/h5-18H,1-4H3,(H,32,34)(H,33,37)(H,35,36);7-13,18-19,32H,5-6,14-17H2,1-4H3,(H2,28,29,30,31);1-5,10,14,24H,6-9,11-12H2;2-6,8-9,21H,7H2,1H3. The van der Waals surface area contributed by atoms with Gasteiger partial charge in [-0.1, -0.05) is 60.7 Å². The fraction of sp³-hybridized carbons (Fsp3) is 0.247. The summed E-state index contributed by atoms with van der Waals surface area (Å²) in [6.45, 7) is 17.9. The van der Waals surface area contributed by atoms with Gasteiger partial charge in [0.25, 0.3) is 26.0 Å². The van der Waals surface area contributed by atoms with E-state index in [0.717, 1.165) is 101 Å². The van der Waals surface area contributed by atoms with Crippen molar-refractivity contribution >= 4 is 116 Å². The number of aliphatic hydroxyl groups excluding tert-OH is 1. The number of ketones is 1. The Morgan fingerprint density at radius 3 is 1.93 bits per heavy atom. The van der Waals surface area contributed by atoms with E-state index in [1.165, 1.54) is 95.3 Å². The lowest BCUT2D eigenvalue weighted by Crippen LogP contribution is -2.40. The molecule has 33 heteroatoms. The van der Waals surface area contributed by atoms with Crippen LogP contribution in [0.5, 0.6) is 34.5 Å². The molecule has 5 aliphatic rings. The molecular formula is C97H98N16O14S3. The van der Waals surface area contributed by atoms with Crippen LogP contribution in [0.4, 0.5) is 51.8 Å². The van der Waals surface area contributed by atoms with Crippen molar-refractivity contribution < 1.29 is 63.6 Å². The maximum absolute atomic E-state index is 13.5. The number of methoxy groups -OCH3 is 3. The summed E-state index contributed by atoms with van der Waals surface area (Å²) < 4.78 is 113. The number of sulfonamides is 3. The Bertz CT molecular complexity index is 6760. The summed E-state index contributed by atoms with van der Waals surface area (Å²) in [6.07, 6.45) is 8.09. The van der Waals surface area contributed by atoms with Gasteiger partial charge in [0.1, 0.15) is 53.5 Å². The molecule has 0 atom stereocenters. The largest absolute Gasteiger partial charge is 0.497 e. The van der Waals surface area contributed by atoms with Crippen LogP contribution in [0.1, 0.15) is 117 Å². The van der Waals surface area contributed by atoms with E-state index in [0.29, 0.717) is 98.3 Å². The van der Waals surface area contributed by atoms with E-state index in [1.807, 2.05) is 102 Å². The van der Waals surface area contributed by atoms with Crippen molar-refractivity contribution in [2.75, 3.05) is 97.9 Å². The van der Waals surface area contributed by atoms with E-state index >= 15 is 0 Å². The highest BCUT2D eigenvalue weighted by atomic mass is 32.2. The van der Waals surface area contributed by atoms with E-state index in [2.05, 4.69) is 88.4 Å². The molecule has 668 valence electrons. The predicted molar refractivity (Wildman–Crippen MR) is 502 cm³/mol. The second kappa shape index (κ2) is 40.4. The first kappa shape index (κ1) is 92.0. The van der Waals surface area contributed by atoms with E-state index in [9.17, 15) is 45.2 Å². The van der Waals surface area contributed by atoms with E-state index in [1.54, 1.807) is 109 Å². The number of nitrogens with one attached hydrogen (secondary N) is 7. The SMILES string of the molecule is COc1cc(Nc2nc3ccccc3nc2NS(=O)(=O)c2ccc(NC(=O)c3ccc(C)c(OC)c3)cc2)cc(OC)c1.Cc1ccc(NS(=O)(=O)c2cccc(C#N)c2)c2c1C(C#N)=CC2.Cc1cnc(Nc2ccc(OCCN3CCCC3)cc2)nc1Nc1cccc(S(=O)(=O)NC(C)(C)C)c1.O=C1CN=C2c3cc(CN4CCC(O)CC4)ccc3Oc3cccc1c32. The molecule has 0 unspecified atom stereocenters. The molecule has 6 heterocycles. The number of allylic oxidation sites excluding steroid dienone is 2. The van der Waals surface area contributed by atoms with Crippen LogP contribution in [0.2, 0.25) is 0 Å². The number of carbonyl (C=O) groups excluding carboxylic acids is 2. The van der Waals surface area contributed by atoms with Gasteiger partial charge in [-0.05, 0) is 242 Å². The molecule has 17 rings (SSSR count). The van der Waals surface area contributed by atoms with Crippen LogP contribution >= 0.6 is 0 Å². The molecule has 4 aliphatic heterocycles. The summed E-state index contributed by atoms with van der Waals surface area (Å²) in [6, 6.07) is 62.8. The Kier molecular flexibility index (Phi) is 28.6. The van der Waals surface area contributed by atoms with Crippen LogP contribution in [-0.2, 0) is 43.0 Å². The van der Waals surface area contributed by atoms with E-state index in [4.69, 9.17) is 28.9 Å². The number of para-hydroxylation sites is 2. The van der Waals surface area contributed by atoms with Gasteiger partial charge >= 0.3 is 0 Å². The normalized spacial score (nSPS) is 14.0. The zero-order valence-electron chi connectivity index (χ0n) is 73.1. The molecule has 2 fully saturated rings. The number of likely N-dealkylation sites (tertiary alicyclic amines) is 2. The number of aromatic nitrogens is 4. The maximum Gasteiger partial charge on any atom is 0.263 e. The molecular weight excluding hydrogens is 1710 g/mol. The Hall–Kier alpha value is -14.2. The number of carbonyl (C=O) groups is 2. The Morgan fingerprint density at radius 2 is 1.24 bits per heavy atom. The minimum atomic E-state index is -4.10. The van der Waals surface area contributed by atoms with Gasteiger partial charge in [0.05, 0.1) is 93.4 Å². The first-order chi connectivity index (χ1) is 62.4. The lowest BCUT2D eigenvalue weighted by Gasteiger charge is -2.30. The van der Waals surface area contributed by atoms with Gasteiger partial charge in [0.15, 0.2) is 17.4 Å². The second-order valence-corrected chi connectivity index (χ2v) is 37.4. The number of aliphatic hydroxyl groups is 1. The lowest BCUT2D eigenvalue weighted by molar-refractivity contribution is 0.0792. The predicted octanol–water partition coefficient (Wildman–Crippen LogP) is 16.5. The van der Waals surface area contributed by atoms with E-state index in [-0.39, 0.29) is 56.2 Å². The van der Waals surface area contributed by atoms with Crippen LogP contribution in [0, 0.1) is 43.4 Å². The summed E-state index contributed by atoms with van der Waals surface area (Å²) in [5, 5.41) is 40.2. The molecule has 1 aliphatic carbocycles. The molecule has 1 amide bonds. The number of ether oxygens (including phenoxy) is 5. The molecule has 2 saturated heterocycles. The Morgan fingerprint density at radius 1 is 0.569 bits per heavy atom. The third kappa shape index (κ3) is 22.9. The third-order valence-corrected chi connectivity index (χ3v) is 26.2. The van der Waals surface area contributed by atoms with Gasteiger partial charge in [-0.25, -0.2) is 44.9 Å². The number of Topliss-reactive ketones (excluding diaryl/α,β-unsaturated/α-hetero) is 1. The Balaban J connectivity index is 0.000000143. The monoisotopic (exact) mass is 1810 g/mol. The van der Waals surface area contributed by atoms with Crippen molar-refractivity contribution in [3.05, 3.63) is 280 Å². The number of fused-ring (bicyclic) bond motifs is 4. The second-order valence-electron chi connectivity index (χ2n) is 32.4.